The fourth-order valence-electron chi connectivity index (χ4n) is 4.02. The van der Waals surface area contributed by atoms with E-state index in [0.29, 0.717) is 17.2 Å². The van der Waals surface area contributed by atoms with Gasteiger partial charge in [-0.25, -0.2) is 19.3 Å². The molecule has 0 aliphatic carbocycles. The molecule has 9 heteroatoms. The SMILES string of the molecule is C=C1[C@@H](CC)N(C(C)C)c2nc(-c3nccnc3-c3ccc(F)cc3)ncc2N1/C=N\N. The Balaban J connectivity index is 1.90. The Hall–Kier alpha value is -3.88. The normalized spacial score (nSPS) is 16.2. The summed E-state index contributed by atoms with van der Waals surface area (Å²) in [5.74, 6) is 6.31. The van der Waals surface area contributed by atoms with Gasteiger partial charge in [-0.05, 0) is 44.5 Å². The molecule has 0 radical (unpaired) electrons. The standard InChI is InChI=1S/C23H25FN8/c1-5-18-15(4)31(13-29-25)19-12-28-22(30-23(19)32(18)14(2)3)21-20(26-10-11-27-21)16-6-8-17(24)9-7-16/h6-14,18H,4-5,25H2,1-3H3/b29-13-/t18-/m1/s1. The molecule has 32 heavy (non-hydrogen) atoms. The van der Waals surface area contributed by atoms with E-state index >= 15 is 0 Å². The second-order valence-electron chi connectivity index (χ2n) is 7.71. The van der Waals surface area contributed by atoms with Crippen molar-refractivity contribution in [2.45, 2.75) is 39.3 Å². The Morgan fingerprint density at radius 2 is 1.84 bits per heavy atom. The van der Waals surface area contributed by atoms with Gasteiger partial charge in [0.1, 0.15) is 23.5 Å². The molecule has 0 unspecified atom stereocenters. The van der Waals surface area contributed by atoms with E-state index in [1.54, 1.807) is 30.7 Å². The van der Waals surface area contributed by atoms with Gasteiger partial charge in [0.2, 0.25) is 0 Å². The average Bonchev–Trinajstić information content (AvgIpc) is 2.80. The van der Waals surface area contributed by atoms with Gasteiger partial charge in [0.15, 0.2) is 11.6 Å². The van der Waals surface area contributed by atoms with Crippen LogP contribution in [0.4, 0.5) is 15.9 Å². The van der Waals surface area contributed by atoms with Crippen molar-refractivity contribution >= 4 is 17.8 Å². The van der Waals surface area contributed by atoms with Crippen LogP contribution >= 0.6 is 0 Å². The number of aromatic nitrogens is 4. The van der Waals surface area contributed by atoms with Gasteiger partial charge in [-0.15, -0.1) is 0 Å². The molecule has 4 rings (SSSR count). The summed E-state index contributed by atoms with van der Waals surface area (Å²) >= 11 is 0. The molecule has 1 aromatic carbocycles. The van der Waals surface area contributed by atoms with Crippen LogP contribution < -0.4 is 15.6 Å². The lowest BCUT2D eigenvalue weighted by Crippen LogP contribution is -2.50. The lowest BCUT2D eigenvalue weighted by Gasteiger charge is -2.45. The van der Waals surface area contributed by atoms with E-state index in [1.807, 2.05) is 4.90 Å². The fraction of sp³-hybridized carbons (Fsp3) is 0.261. The molecular weight excluding hydrogens is 407 g/mol. The van der Waals surface area contributed by atoms with Crippen molar-refractivity contribution in [2.75, 3.05) is 9.80 Å². The summed E-state index contributed by atoms with van der Waals surface area (Å²) in [6.07, 6.45) is 7.26. The molecule has 164 valence electrons. The van der Waals surface area contributed by atoms with E-state index in [9.17, 15) is 4.39 Å². The van der Waals surface area contributed by atoms with E-state index in [-0.39, 0.29) is 17.9 Å². The number of hydrogen-bond donors (Lipinski definition) is 1. The van der Waals surface area contributed by atoms with Gasteiger partial charge in [-0.3, -0.25) is 9.88 Å². The number of rotatable bonds is 5. The first-order chi connectivity index (χ1) is 15.5. The monoisotopic (exact) mass is 432 g/mol. The Labute approximate surface area is 186 Å². The third kappa shape index (κ3) is 3.66. The zero-order valence-corrected chi connectivity index (χ0v) is 18.3. The highest BCUT2D eigenvalue weighted by atomic mass is 19.1. The zero-order chi connectivity index (χ0) is 22.8. The average molecular weight is 433 g/mol. The van der Waals surface area contributed by atoms with Crippen LogP contribution in [0.15, 0.2) is 60.2 Å². The molecule has 2 N–H and O–H groups in total. The van der Waals surface area contributed by atoms with E-state index in [4.69, 9.17) is 10.8 Å². The number of benzene rings is 1. The number of halogens is 1. The second kappa shape index (κ2) is 8.70. The van der Waals surface area contributed by atoms with Crippen molar-refractivity contribution in [1.29, 1.82) is 0 Å². The molecule has 1 aliphatic heterocycles. The van der Waals surface area contributed by atoms with Crippen LogP contribution in [0.25, 0.3) is 22.8 Å². The number of fused-ring (bicyclic) bond motifs is 1. The van der Waals surface area contributed by atoms with Gasteiger partial charge in [0.05, 0.1) is 17.9 Å². The summed E-state index contributed by atoms with van der Waals surface area (Å²) < 4.78 is 13.4. The molecule has 0 fully saturated rings. The van der Waals surface area contributed by atoms with Crippen LogP contribution in [0.2, 0.25) is 0 Å². The first-order valence-electron chi connectivity index (χ1n) is 10.4. The van der Waals surface area contributed by atoms with Gasteiger partial charge in [0.25, 0.3) is 0 Å². The van der Waals surface area contributed by atoms with Crippen LogP contribution in [0, 0.1) is 5.82 Å². The number of nitrogens with zero attached hydrogens (tertiary/aromatic N) is 7. The van der Waals surface area contributed by atoms with Crippen LogP contribution in [0.1, 0.15) is 27.2 Å². The molecule has 3 aromatic rings. The summed E-state index contributed by atoms with van der Waals surface area (Å²) in [5, 5.41) is 3.70. The molecular formula is C23H25FN8. The third-order valence-corrected chi connectivity index (χ3v) is 5.44. The molecule has 3 heterocycles. The summed E-state index contributed by atoms with van der Waals surface area (Å²) in [6.45, 7) is 10.6. The molecule has 1 aliphatic rings. The van der Waals surface area contributed by atoms with Gasteiger partial charge in [-0.2, -0.15) is 5.10 Å². The minimum atomic E-state index is -0.315. The molecule has 8 nitrogen and oxygen atoms in total. The highest BCUT2D eigenvalue weighted by molar-refractivity contribution is 5.91. The van der Waals surface area contributed by atoms with Crippen molar-refractivity contribution in [3.05, 3.63) is 60.9 Å². The highest BCUT2D eigenvalue weighted by Crippen LogP contribution is 2.40. The maximum absolute atomic E-state index is 13.4. The van der Waals surface area contributed by atoms with Gasteiger partial charge >= 0.3 is 0 Å². The zero-order valence-electron chi connectivity index (χ0n) is 18.3. The highest BCUT2D eigenvalue weighted by Gasteiger charge is 2.36. The maximum atomic E-state index is 13.4. The molecule has 2 aromatic heterocycles. The Kier molecular flexibility index (Phi) is 5.81. The summed E-state index contributed by atoms with van der Waals surface area (Å²) in [4.78, 5) is 22.5. The first-order valence-corrected chi connectivity index (χ1v) is 10.4. The van der Waals surface area contributed by atoms with E-state index in [2.05, 4.69) is 52.3 Å². The van der Waals surface area contributed by atoms with Gasteiger partial charge in [0, 0.05) is 29.7 Å². The number of nitrogens with two attached hydrogens (primary N) is 1. The Bertz CT molecular complexity index is 1160. The van der Waals surface area contributed by atoms with E-state index in [0.717, 1.165) is 29.2 Å². The molecule has 0 amide bonds. The van der Waals surface area contributed by atoms with Gasteiger partial charge < -0.3 is 10.7 Å². The number of hydrazone groups is 1. The largest absolute Gasteiger partial charge is 0.344 e. The van der Waals surface area contributed by atoms with Crippen LogP contribution in [0.5, 0.6) is 0 Å². The van der Waals surface area contributed by atoms with Crippen molar-refractivity contribution in [2.24, 2.45) is 10.9 Å². The Morgan fingerprint density at radius 1 is 1.16 bits per heavy atom. The van der Waals surface area contributed by atoms with Crippen LogP contribution in [-0.2, 0) is 0 Å². The first kappa shape index (κ1) is 21.4. The predicted octanol–water partition coefficient (Wildman–Crippen LogP) is 3.97. The lowest BCUT2D eigenvalue weighted by atomic mass is 10.0. The van der Waals surface area contributed by atoms with Crippen LogP contribution in [0.3, 0.4) is 0 Å². The molecule has 1 atom stereocenters. The quantitative estimate of drug-likeness (QED) is 0.282. The third-order valence-electron chi connectivity index (χ3n) is 5.44. The van der Waals surface area contributed by atoms with E-state index < -0.39 is 0 Å². The fourth-order valence-corrected chi connectivity index (χ4v) is 4.02. The predicted molar refractivity (Wildman–Crippen MR) is 124 cm³/mol. The Morgan fingerprint density at radius 3 is 2.47 bits per heavy atom. The smallest absolute Gasteiger partial charge is 0.182 e. The van der Waals surface area contributed by atoms with Crippen molar-refractivity contribution in [3.8, 4) is 22.8 Å². The van der Waals surface area contributed by atoms with Crippen LogP contribution in [-0.4, -0.2) is 38.4 Å². The van der Waals surface area contributed by atoms with Crippen molar-refractivity contribution < 1.29 is 4.39 Å². The van der Waals surface area contributed by atoms with Crippen molar-refractivity contribution in [3.63, 3.8) is 0 Å². The summed E-state index contributed by atoms with van der Waals surface area (Å²) in [5.41, 5.74) is 3.41. The second-order valence-corrected chi connectivity index (χ2v) is 7.71. The van der Waals surface area contributed by atoms with Gasteiger partial charge in [-0.1, -0.05) is 13.5 Å². The summed E-state index contributed by atoms with van der Waals surface area (Å²) in [6, 6.07) is 6.29. The topological polar surface area (TPSA) is 96.4 Å². The molecule has 0 saturated carbocycles. The number of hydrogen-bond acceptors (Lipinski definition) is 7. The number of anilines is 2. The lowest BCUT2D eigenvalue weighted by molar-refractivity contribution is 0.557. The molecule has 0 saturated heterocycles. The maximum Gasteiger partial charge on any atom is 0.182 e. The van der Waals surface area contributed by atoms with E-state index in [1.165, 1.54) is 18.5 Å². The molecule has 0 bridgehead atoms. The minimum Gasteiger partial charge on any atom is -0.344 e. The summed E-state index contributed by atoms with van der Waals surface area (Å²) in [7, 11) is 0. The molecule has 0 spiro atoms. The van der Waals surface area contributed by atoms with Crippen molar-refractivity contribution in [1.82, 2.24) is 19.9 Å². The minimum absolute atomic E-state index is 0.0154.